The van der Waals surface area contributed by atoms with Crippen LogP contribution in [0, 0.1) is 62.1 Å². The zero-order valence-electron chi connectivity index (χ0n) is 73.4. The van der Waals surface area contributed by atoms with Crippen LogP contribution < -0.4 is 4.74 Å². The van der Waals surface area contributed by atoms with E-state index in [1.807, 2.05) is 184 Å². The molecule has 0 amide bonds. The van der Waals surface area contributed by atoms with Gasteiger partial charge in [-0.25, -0.2) is 0 Å². The lowest BCUT2D eigenvalue weighted by atomic mass is 9.71. The Bertz CT molecular complexity index is 3410. The molecule has 0 saturated heterocycles. The molecule has 2 aliphatic rings. The third kappa shape index (κ3) is 46.4. The first kappa shape index (κ1) is 98.2. The molecule has 0 bridgehead atoms. The molecule has 6 aromatic rings. The van der Waals surface area contributed by atoms with Crippen molar-refractivity contribution in [2.75, 3.05) is 6.61 Å². The zero-order chi connectivity index (χ0) is 81.5. The van der Waals surface area contributed by atoms with Crippen LogP contribution in [0.15, 0.2) is 176 Å². The van der Waals surface area contributed by atoms with Crippen LogP contribution in [-0.2, 0) is 42.2 Å². The molecule has 0 heterocycles. The first-order valence-corrected chi connectivity index (χ1v) is 40.7. The minimum atomic E-state index is -0.411. The Morgan fingerprint density at radius 1 is 0.393 bits per heavy atom. The maximum atomic E-state index is 12.4. The fourth-order valence-electron chi connectivity index (χ4n) is 12.0. The van der Waals surface area contributed by atoms with Gasteiger partial charge in [-0.3, -0.25) is 24.0 Å². The maximum Gasteiger partial charge on any atom is 0.148 e. The number of rotatable bonds is 16. The van der Waals surface area contributed by atoms with Crippen molar-refractivity contribution >= 4 is 35.0 Å². The van der Waals surface area contributed by atoms with E-state index >= 15 is 0 Å². The molecule has 0 unspecified atom stereocenters. The first-order chi connectivity index (χ1) is 49.3. The van der Waals surface area contributed by atoms with Crippen molar-refractivity contribution in [1.82, 2.24) is 0 Å². The van der Waals surface area contributed by atoms with Gasteiger partial charge in [0.1, 0.15) is 34.7 Å². The van der Waals surface area contributed by atoms with Gasteiger partial charge in [0.05, 0.1) is 6.61 Å². The molecule has 0 N–H and O–H groups in total. The molecule has 0 aromatic heterocycles. The summed E-state index contributed by atoms with van der Waals surface area (Å²) in [4.78, 5) is 58.6. The second-order valence-electron chi connectivity index (χ2n) is 39.3. The largest absolute Gasteiger partial charge is 0.494 e. The predicted molar refractivity (Wildman–Crippen MR) is 465 cm³/mol. The minimum Gasteiger partial charge on any atom is -0.494 e. The van der Waals surface area contributed by atoms with Gasteiger partial charge >= 0.3 is 0 Å². The van der Waals surface area contributed by atoms with Crippen molar-refractivity contribution in [3.63, 3.8) is 0 Å². The van der Waals surface area contributed by atoms with Crippen LogP contribution >= 0.6 is 0 Å². The van der Waals surface area contributed by atoms with Crippen molar-refractivity contribution in [1.29, 1.82) is 0 Å². The quantitative estimate of drug-likeness (QED) is 0.0708. The van der Waals surface area contributed by atoms with E-state index in [0.717, 1.165) is 62.0 Å². The molecular weight excluding hydrogens is 1310 g/mol. The van der Waals surface area contributed by atoms with Gasteiger partial charge in [0.25, 0.3) is 0 Å². The Labute approximate surface area is 657 Å². The Morgan fingerprint density at radius 2 is 0.776 bits per heavy atom. The molecule has 2 saturated carbocycles. The summed E-state index contributed by atoms with van der Waals surface area (Å²) in [5, 5.41) is 0. The number of hydrogen-bond acceptors (Lipinski definition) is 6. The zero-order valence-corrected chi connectivity index (χ0v) is 73.4. The Kier molecular flexibility index (Phi) is 43.4. The number of para-hydroxylation sites is 1. The number of benzene rings is 6. The molecule has 6 aromatic carbocycles. The fraction of sp³-hybridized carbons (Fsp3) is 0.574. The molecular formula is C101H154O6. The second-order valence-corrected chi connectivity index (χ2v) is 39.3. The molecule has 2 fully saturated rings. The first-order valence-electron chi connectivity index (χ1n) is 40.7. The van der Waals surface area contributed by atoms with E-state index in [4.69, 9.17) is 4.74 Å². The van der Waals surface area contributed by atoms with Crippen LogP contribution in [0.1, 0.15) is 317 Å². The van der Waals surface area contributed by atoms with Gasteiger partial charge in [-0.05, 0) is 154 Å². The highest BCUT2D eigenvalue weighted by Crippen LogP contribution is 2.35. The normalized spacial score (nSPS) is 13.9. The third-order valence-electron chi connectivity index (χ3n) is 19.2. The van der Waals surface area contributed by atoms with Gasteiger partial charge in [0.15, 0.2) is 0 Å². The number of allylic oxidation sites excluding steroid dienone is 1. The summed E-state index contributed by atoms with van der Waals surface area (Å²) in [5.74, 6) is 3.47. The van der Waals surface area contributed by atoms with Crippen LogP contribution in [0.5, 0.6) is 5.75 Å². The Morgan fingerprint density at radius 3 is 1.16 bits per heavy atom. The monoisotopic (exact) mass is 1460 g/mol. The molecule has 8 rings (SSSR count). The standard InChI is InChI=1S/C18H20O.C15H22O.C13H20O.C13H20.C13H18.C12H22O.C11H20O.C6H12O/c1-18(2,3)17(19)13-14-9-11-16(12-10-14)15-7-5-4-6-8-15;1-11-7-9-12(10-8-11)15(5,6)13(16)14(2,3)4;1-13(2,3)10-7-11-14-12-8-5-4-6-9-12;2*1-13(2,3)11-7-10-12-8-5-4-6-9-12;1-12(2,3)11(13)10-8-6-4-5-7-9-10;1-11(2,3)10(12)9-7-5-4-6-8-9;1-5(7)6(2,3)4/h4-12H,13H2,1-3H3;7-10H,1-6H3;4-6,8-9H,7,10-11H2,1-3H3;4-6,8-9H,7,10-11H2,1-3H3;4-10H,11H2,1-3H3;10H,4-9H2,1-3H3;9H,4-8H2,1-3H3;1-4H3/b;;;;10-7+;;;. The van der Waals surface area contributed by atoms with Crippen molar-refractivity contribution in [2.45, 2.75) is 315 Å². The topological polar surface area (TPSA) is 94.6 Å². The Hall–Kier alpha value is -6.79. The number of ether oxygens (including phenoxy) is 1. The summed E-state index contributed by atoms with van der Waals surface area (Å²) in [6.45, 7) is 58.7. The molecule has 0 spiro atoms. The van der Waals surface area contributed by atoms with Gasteiger partial charge < -0.3 is 4.74 Å². The van der Waals surface area contributed by atoms with Crippen molar-refractivity contribution < 1.29 is 28.7 Å². The van der Waals surface area contributed by atoms with E-state index in [2.05, 4.69) is 185 Å². The van der Waals surface area contributed by atoms with Crippen molar-refractivity contribution in [3.8, 4) is 16.9 Å². The second kappa shape index (κ2) is 47.3. The smallest absolute Gasteiger partial charge is 0.148 e. The summed E-state index contributed by atoms with van der Waals surface area (Å²) in [7, 11) is 0. The summed E-state index contributed by atoms with van der Waals surface area (Å²) in [6.07, 6.45) is 25.8. The molecule has 2 aliphatic carbocycles. The van der Waals surface area contributed by atoms with E-state index in [9.17, 15) is 24.0 Å². The van der Waals surface area contributed by atoms with E-state index in [-0.39, 0.29) is 44.4 Å². The lowest BCUT2D eigenvalue weighted by Crippen LogP contribution is -2.38. The highest BCUT2D eigenvalue weighted by molar-refractivity contribution is 5.93. The van der Waals surface area contributed by atoms with Crippen LogP contribution in [0.4, 0.5) is 0 Å². The lowest BCUT2D eigenvalue weighted by molar-refractivity contribution is -0.131. The number of carbonyl (C=O) groups is 5. The fourth-order valence-corrected chi connectivity index (χ4v) is 12.0. The Balaban J connectivity index is 0.000000618. The molecule has 0 aliphatic heterocycles. The molecule has 0 atom stereocenters. The van der Waals surface area contributed by atoms with Crippen LogP contribution in [0.3, 0.4) is 0 Å². The SMILES string of the molecule is CC(=O)C(C)(C)C.CC(C)(C)C(=O)C1CCCCC1.CC(C)(C)C(=O)C1CCCCCC1.CC(C)(C)C(=O)Cc1ccc(-c2ccccc2)cc1.CC(C)(C)C/C=C/c1ccccc1.CC(C)(C)CCCOc1ccccc1.CC(C)(C)CCCc1ccccc1.Cc1ccc(C(C)(C)C(=O)C(C)(C)C)cc1. The van der Waals surface area contributed by atoms with E-state index < -0.39 is 5.41 Å². The van der Waals surface area contributed by atoms with Crippen LogP contribution in [-0.4, -0.2) is 35.5 Å². The predicted octanol–water partition coefficient (Wildman–Crippen LogP) is 28.9. The average molecular weight is 1460 g/mol. The van der Waals surface area contributed by atoms with E-state index in [1.165, 1.54) is 98.4 Å². The molecule has 594 valence electrons. The summed E-state index contributed by atoms with van der Waals surface area (Å²) in [5.41, 5.74) is 8.47. The molecule has 0 radical (unpaired) electrons. The maximum absolute atomic E-state index is 12.4. The van der Waals surface area contributed by atoms with Gasteiger partial charge in [0, 0.05) is 50.7 Å². The highest BCUT2D eigenvalue weighted by Gasteiger charge is 2.37. The van der Waals surface area contributed by atoms with Crippen molar-refractivity contribution in [3.05, 3.63) is 204 Å². The molecule has 6 heteroatoms. The lowest BCUT2D eigenvalue weighted by Gasteiger charge is -2.31. The number of Topliss-reactive ketones (excluding diaryl/α,β-unsaturated/α-hetero) is 5. The number of aryl methyl sites for hydroxylation is 2. The minimum absolute atomic E-state index is 0.123. The van der Waals surface area contributed by atoms with Crippen molar-refractivity contribution in [2.24, 2.45) is 55.2 Å². The molecule has 107 heavy (non-hydrogen) atoms. The van der Waals surface area contributed by atoms with E-state index in [0.29, 0.717) is 46.1 Å². The van der Waals surface area contributed by atoms with E-state index in [1.54, 1.807) is 6.92 Å². The number of hydrogen-bond donors (Lipinski definition) is 0. The summed E-state index contributed by atoms with van der Waals surface area (Å²) in [6, 6.07) is 57.9. The van der Waals surface area contributed by atoms with Gasteiger partial charge in [-0.1, -0.05) is 387 Å². The number of ketones is 5. The summed E-state index contributed by atoms with van der Waals surface area (Å²) < 4.78 is 5.60. The van der Waals surface area contributed by atoms with Gasteiger partial charge in [-0.15, -0.1) is 0 Å². The number of carbonyl (C=O) groups excluding carboxylic acids is 5. The van der Waals surface area contributed by atoms with Gasteiger partial charge in [-0.2, -0.15) is 0 Å². The highest BCUT2D eigenvalue weighted by atomic mass is 16.5. The third-order valence-corrected chi connectivity index (χ3v) is 19.2. The molecule has 6 nitrogen and oxygen atoms in total. The van der Waals surface area contributed by atoms with Crippen LogP contribution in [0.25, 0.3) is 17.2 Å². The average Bonchev–Trinajstić information content (AvgIpc) is 0.927. The van der Waals surface area contributed by atoms with Gasteiger partial charge in [0.2, 0.25) is 0 Å². The summed E-state index contributed by atoms with van der Waals surface area (Å²) >= 11 is 0. The van der Waals surface area contributed by atoms with Crippen LogP contribution in [0.2, 0.25) is 0 Å².